The average Bonchev–Trinajstić information content (AvgIpc) is 1.88. The largest absolute Gasteiger partial charge is 1.00 e. The standard InChI is InChI=1S/C6H4BF3.K/c8-7(9,10)6-4-2-1-3-5-6;/h2-5H;/q;+1. The fourth-order valence-corrected chi connectivity index (χ4v) is 0.618. The van der Waals surface area contributed by atoms with Gasteiger partial charge in [0, 0.05) is 23.7 Å². The number of halogens is 3. The molecule has 0 amide bonds. The zero-order valence-corrected chi connectivity index (χ0v) is 9.14. The molecule has 0 saturated carbocycles. The summed E-state index contributed by atoms with van der Waals surface area (Å²) in [6, 6.07) is 0. The van der Waals surface area contributed by atoms with Crippen LogP contribution in [0.25, 0.3) is 0 Å². The predicted molar refractivity (Wildman–Crippen MR) is 34.1 cm³/mol. The van der Waals surface area contributed by atoms with Gasteiger partial charge in [0.2, 0.25) is 0 Å². The van der Waals surface area contributed by atoms with Crippen molar-refractivity contribution in [3.8, 4) is 0 Å². The molecule has 0 aromatic rings. The third-order valence-corrected chi connectivity index (χ3v) is 1.12. The molecule has 0 saturated heterocycles. The molecule has 0 radical (unpaired) electrons. The second-order valence-corrected chi connectivity index (χ2v) is 1.91. The Morgan fingerprint density at radius 1 is 1.27 bits per heavy atom. The Balaban J connectivity index is 0.000001000. The smallest absolute Gasteiger partial charge is 0.443 e. The second-order valence-electron chi connectivity index (χ2n) is 1.91. The minimum Gasteiger partial charge on any atom is -0.443 e. The summed E-state index contributed by atoms with van der Waals surface area (Å²) in [4.78, 5) is 0. The van der Waals surface area contributed by atoms with Crippen molar-refractivity contribution in [1.29, 1.82) is 0 Å². The van der Waals surface area contributed by atoms with E-state index in [9.17, 15) is 12.9 Å². The minimum absolute atomic E-state index is 0. The van der Waals surface area contributed by atoms with Crippen molar-refractivity contribution in [2.24, 2.45) is 0 Å². The van der Waals surface area contributed by atoms with Crippen LogP contribution in [-0.4, -0.2) is 6.98 Å². The molecule has 1 aliphatic carbocycles. The van der Waals surface area contributed by atoms with E-state index in [1.807, 2.05) is 0 Å². The molecule has 0 heterocycles. The molecule has 1 rings (SSSR count). The van der Waals surface area contributed by atoms with Crippen molar-refractivity contribution >= 4 is 6.98 Å². The van der Waals surface area contributed by atoms with E-state index in [0.29, 0.717) is 0 Å². The summed E-state index contributed by atoms with van der Waals surface area (Å²) in [6.07, 6.45) is 7.05. The van der Waals surface area contributed by atoms with Gasteiger partial charge in [0.25, 0.3) is 0 Å². The molecule has 0 unspecified atom stereocenters. The number of hydrogen-bond acceptors (Lipinski definition) is 0. The fraction of sp³-hybridized carbons (Fsp3) is 0. The van der Waals surface area contributed by atoms with Crippen LogP contribution in [-0.2, 0) is 0 Å². The van der Waals surface area contributed by atoms with Crippen LogP contribution in [0.5, 0.6) is 0 Å². The van der Waals surface area contributed by atoms with Crippen LogP contribution in [0.15, 0.2) is 29.8 Å². The second kappa shape index (κ2) is 4.60. The molecule has 0 N–H and O–H groups in total. The molecule has 1 aliphatic rings. The zero-order valence-electron chi connectivity index (χ0n) is 6.02. The maximum Gasteiger partial charge on any atom is 1.00 e. The maximum absolute atomic E-state index is 11.8. The molecular weight excluding hydrogens is 179 g/mol. The molecule has 0 bridgehead atoms. The Bertz CT molecular complexity index is 214. The first kappa shape index (κ1) is 11.6. The average molecular weight is 183 g/mol. The molecule has 0 atom stereocenters. The van der Waals surface area contributed by atoms with E-state index in [1.165, 1.54) is 12.2 Å². The quantitative estimate of drug-likeness (QED) is 0.370. The summed E-state index contributed by atoms with van der Waals surface area (Å²) in [5, 5.41) is 0. The van der Waals surface area contributed by atoms with Gasteiger partial charge in [0.15, 0.2) is 0 Å². The first-order chi connectivity index (χ1) is 4.61. The third kappa shape index (κ3) is 3.69. The maximum atomic E-state index is 11.8. The van der Waals surface area contributed by atoms with E-state index >= 15 is 0 Å². The molecule has 0 aromatic carbocycles. The Hall–Kier alpha value is 0.621. The first-order valence-corrected chi connectivity index (χ1v) is 2.76. The monoisotopic (exact) mass is 183 g/mol. The van der Waals surface area contributed by atoms with Gasteiger partial charge in [-0.05, 0) is 0 Å². The summed E-state index contributed by atoms with van der Waals surface area (Å²) in [7, 11) is 0. The summed E-state index contributed by atoms with van der Waals surface area (Å²) in [5.74, 6) is 0. The zero-order chi connectivity index (χ0) is 7.61. The molecule has 0 nitrogen and oxygen atoms in total. The first-order valence-electron chi connectivity index (χ1n) is 2.76. The summed E-state index contributed by atoms with van der Waals surface area (Å²) in [5.41, 5.74) is -0.571. The van der Waals surface area contributed by atoms with Crippen molar-refractivity contribution < 1.29 is 64.3 Å². The SMILES string of the molecule is F[B-](F)(F)C1=CC=[C+]C=C1.[K+]. The van der Waals surface area contributed by atoms with Crippen LogP contribution < -0.4 is 51.4 Å². The molecule has 5 heteroatoms. The number of allylic oxidation sites excluding steroid dienone is 6. The third-order valence-electron chi connectivity index (χ3n) is 1.12. The van der Waals surface area contributed by atoms with Gasteiger partial charge in [-0.3, -0.25) is 0 Å². The van der Waals surface area contributed by atoms with Crippen LogP contribution in [0.1, 0.15) is 0 Å². The van der Waals surface area contributed by atoms with Crippen molar-refractivity contribution in [3.63, 3.8) is 0 Å². The molecule has 0 spiro atoms. The number of hydrogen-bond donors (Lipinski definition) is 0. The topological polar surface area (TPSA) is 0 Å². The van der Waals surface area contributed by atoms with Crippen molar-refractivity contribution in [1.82, 2.24) is 0 Å². The van der Waals surface area contributed by atoms with E-state index in [-0.39, 0.29) is 51.4 Å². The normalized spacial score (nSPS) is 15.0. The Kier molecular flexibility index (Phi) is 4.86. The summed E-state index contributed by atoms with van der Waals surface area (Å²) < 4.78 is 35.5. The van der Waals surface area contributed by atoms with Crippen molar-refractivity contribution in [2.75, 3.05) is 0 Å². The van der Waals surface area contributed by atoms with Crippen LogP contribution in [0.3, 0.4) is 0 Å². The van der Waals surface area contributed by atoms with E-state index in [0.717, 1.165) is 12.2 Å². The van der Waals surface area contributed by atoms with Crippen molar-refractivity contribution in [2.45, 2.75) is 0 Å². The van der Waals surface area contributed by atoms with Gasteiger partial charge >= 0.3 is 58.4 Å². The Labute approximate surface area is 106 Å². The Morgan fingerprint density at radius 3 is 2.18 bits per heavy atom. The summed E-state index contributed by atoms with van der Waals surface area (Å²) in [6.45, 7) is -4.82. The minimum atomic E-state index is -4.82. The van der Waals surface area contributed by atoms with Crippen molar-refractivity contribution in [3.05, 3.63) is 35.9 Å². The van der Waals surface area contributed by atoms with E-state index < -0.39 is 12.4 Å². The molecular formula is C6H4BF3K+. The van der Waals surface area contributed by atoms with Gasteiger partial charge in [0.05, 0.1) is 12.2 Å². The van der Waals surface area contributed by atoms with Crippen LogP contribution in [0, 0.1) is 6.08 Å². The molecule has 52 valence electrons. The van der Waals surface area contributed by atoms with Gasteiger partial charge in [-0.15, -0.1) is 0 Å². The van der Waals surface area contributed by atoms with Crippen LogP contribution >= 0.6 is 0 Å². The molecule has 0 fully saturated rings. The van der Waals surface area contributed by atoms with Crippen LogP contribution in [0.4, 0.5) is 12.9 Å². The van der Waals surface area contributed by atoms with E-state index in [2.05, 4.69) is 6.08 Å². The van der Waals surface area contributed by atoms with Gasteiger partial charge in [-0.2, -0.15) is 0 Å². The van der Waals surface area contributed by atoms with E-state index in [1.54, 1.807) is 0 Å². The molecule has 11 heavy (non-hydrogen) atoms. The fourth-order valence-electron chi connectivity index (χ4n) is 0.618. The van der Waals surface area contributed by atoms with Crippen LogP contribution in [0.2, 0.25) is 0 Å². The molecule has 0 aromatic heterocycles. The Morgan fingerprint density at radius 2 is 1.91 bits per heavy atom. The van der Waals surface area contributed by atoms with Gasteiger partial charge in [0.1, 0.15) is 0 Å². The van der Waals surface area contributed by atoms with Gasteiger partial charge in [-0.1, -0.05) is 0 Å². The van der Waals surface area contributed by atoms with Gasteiger partial charge in [-0.25, -0.2) is 0 Å². The van der Waals surface area contributed by atoms with E-state index in [4.69, 9.17) is 0 Å². The predicted octanol–water partition coefficient (Wildman–Crippen LogP) is -0.767. The number of rotatable bonds is 1. The summed E-state index contributed by atoms with van der Waals surface area (Å²) >= 11 is 0. The molecule has 0 aliphatic heterocycles. The van der Waals surface area contributed by atoms with Gasteiger partial charge < -0.3 is 12.9 Å².